The summed E-state index contributed by atoms with van der Waals surface area (Å²) in [6.45, 7) is 2.22. The molecule has 0 spiro atoms. The zero-order valence-electron chi connectivity index (χ0n) is 11.8. The molecule has 0 radical (unpaired) electrons. The summed E-state index contributed by atoms with van der Waals surface area (Å²) in [7, 11) is 1.58. The van der Waals surface area contributed by atoms with Gasteiger partial charge in [0.05, 0.1) is 4.92 Å². The second-order valence-corrected chi connectivity index (χ2v) is 4.59. The average molecular weight is 288 g/mol. The summed E-state index contributed by atoms with van der Waals surface area (Å²) >= 11 is 0. The minimum absolute atomic E-state index is 0.0226. The van der Waals surface area contributed by atoms with E-state index >= 15 is 0 Å². The van der Waals surface area contributed by atoms with E-state index in [-0.39, 0.29) is 11.6 Å². The molecule has 0 saturated carbocycles. The molecule has 1 aromatic heterocycles. The molecule has 0 aliphatic heterocycles. The lowest BCUT2D eigenvalue weighted by Gasteiger charge is -2.10. The first-order chi connectivity index (χ1) is 10.0. The quantitative estimate of drug-likeness (QED) is 0.648. The number of hydrogen-bond donors (Lipinski definition) is 2. The maximum absolute atomic E-state index is 11.2. The number of nitrogens with zero attached hydrogens (tertiary/aromatic N) is 2. The number of aromatic nitrogens is 1. The SMILES string of the molecule is CNC(=O)CCNc1cc(C)nc2c([N+](=O)[O-])cccc12. The topological polar surface area (TPSA) is 97.2 Å². The first-order valence-electron chi connectivity index (χ1n) is 6.52. The van der Waals surface area contributed by atoms with E-state index in [2.05, 4.69) is 15.6 Å². The fourth-order valence-electron chi connectivity index (χ4n) is 2.09. The zero-order valence-corrected chi connectivity index (χ0v) is 11.8. The summed E-state index contributed by atoms with van der Waals surface area (Å²) in [5.74, 6) is -0.0661. The van der Waals surface area contributed by atoms with Crippen LogP contribution in [0.1, 0.15) is 12.1 Å². The highest BCUT2D eigenvalue weighted by Gasteiger charge is 2.15. The van der Waals surface area contributed by atoms with Gasteiger partial charge in [-0.25, -0.2) is 4.98 Å². The molecule has 0 unspecified atom stereocenters. The van der Waals surface area contributed by atoms with Crippen LogP contribution in [0.3, 0.4) is 0 Å². The molecule has 0 atom stereocenters. The first-order valence-corrected chi connectivity index (χ1v) is 6.52. The molecule has 1 heterocycles. The van der Waals surface area contributed by atoms with Crippen molar-refractivity contribution in [3.8, 4) is 0 Å². The summed E-state index contributed by atoms with van der Waals surface area (Å²) in [6.07, 6.45) is 0.328. The van der Waals surface area contributed by atoms with Crippen LogP contribution in [0.4, 0.5) is 11.4 Å². The molecule has 1 amide bonds. The lowest BCUT2D eigenvalue weighted by atomic mass is 10.1. The number of anilines is 1. The molecule has 2 N–H and O–H groups in total. The molecule has 0 aliphatic rings. The van der Waals surface area contributed by atoms with Crippen LogP contribution in [-0.4, -0.2) is 29.4 Å². The van der Waals surface area contributed by atoms with Crippen molar-refractivity contribution in [1.82, 2.24) is 10.3 Å². The van der Waals surface area contributed by atoms with Crippen molar-refractivity contribution in [2.75, 3.05) is 18.9 Å². The number of benzene rings is 1. The monoisotopic (exact) mass is 288 g/mol. The van der Waals surface area contributed by atoms with E-state index in [4.69, 9.17) is 0 Å². The molecule has 2 rings (SSSR count). The van der Waals surface area contributed by atoms with Gasteiger partial charge in [0.1, 0.15) is 0 Å². The number of para-hydroxylation sites is 1. The molecule has 0 bridgehead atoms. The second-order valence-electron chi connectivity index (χ2n) is 4.59. The van der Waals surface area contributed by atoms with E-state index in [0.29, 0.717) is 29.6 Å². The summed E-state index contributed by atoms with van der Waals surface area (Å²) in [6, 6.07) is 6.65. The number of nitrogens with one attached hydrogen (secondary N) is 2. The molecule has 0 fully saturated rings. The number of hydrogen-bond acceptors (Lipinski definition) is 5. The third kappa shape index (κ3) is 3.25. The molecule has 2 aromatic rings. The predicted octanol–water partition coefficient (Wildman–Crippen LogP) is 2.00. The Morgan fingerprint density at radius 2 is 2.19 bits per heavy atom. The van der Waals surface area contributed by atoms with Crippen LogP contribution in [0.25, 0.3) is 10.9 Å². The van der Waals surface area contributed by atoms with Crippen LogP contribution in [0.15, 0.2) is 24.3 Å². The fourth-order valence-corrected chi connectivity index (χ4v) is 2.09. The van der Waals surface area contributed by atoms with Crippen LogP contribution in [-0.2, 0) is 4.79 Å². The molecule has 0 aliphatic carbocycles. The van der Waals surface area contributed by atoms with Crippen LogP contribution < -0.4 is 10.6 Å². The lowest BCUT2D eigenvalue weighted by Crippen LogP contribution is -2.20. The van der Waals surface area contributed by atoms with Gasteiger partial charge in [-0.2, -0.15) is 0 Å². The highest BCUT2D eigenvalue weighted by Crippen LogP contribution is 2.29. The first kappa shape index (κ1) is 14.7. The Morgan fingerprint density at radius 3 is 2.86 bits per heavy atom. The molecule has 7 heteroatoms. The Bertz CT molecular complexity index is 700. The minimum Gasteiger partial charge on any atom is -0.384 e. The summed E-state index contributed by atoms with van der Waals surface area (Å²) < 4.78 is 0. The number of amides is 1. The number of pyridine rings is 1. The molecule has 7 nitrogen and oxygen atoms in total. The standard InChI is InChI=1S/C14H16N4O3/c1-9-8-11(16-7-6-13(19)15-2)10-4-3-5-12(18(20)21)14(10)17-9/h3-5,8H,6-7H2,1-2H3,(H,15,19)(H,16,17). The number of fused-ring (bicyclic) bond motifs is 1. The molecular formula is C14H16N4O3. The third-order valence-electron chi connectivity index (χ3n) is 3.09. The van der Waals surface area contributed by atoms with Crippen molar-refractivity contribution in [3.63, 3.8) is 0 Å². The van der Waals surface area contributed by atoms with Gasteiger partial charge >= 0.3 is 0 Å². The predicted molar refractivity (Wildman–Crippen MR) is 80.3 cm³/mol. The van der Waals surface area contributed by atoms with Crippen LogP contribution in [0.5, 0.6) is 0 Å². The molecule has 21 heavy (non-hydrogen) atoms. The largest absolute Gasteiger partial charge is 0.384 e. The average Bonchev–Trinajstić information content (AvgIpc) is 2.46. The highest BCUT2D eigenvalue weighted by molar-refractivity contribution is 5.96. The number of non-ortho nitro benzene ring substituents is 1. The van der Waals surface area contributed by atoms with E-state index in [1.807, 2.05) is 6.07 Å². The minimum atomic E-state index is -0.441. The van der Waals surface area contributed by atoms with Gasteiger partial charge < -0.3 is 10.6 Å². The Hall–Kier alpha value is -2.70. The van der Waals surface area contributed by atoms with Gasteiger partial charge in [0.25, 0.3) is 5.69 Å². The van der Waals surface area contributed by atoms with E-state index < -0.39 is 4.92 Å². The number of aryl methyl sites for hydroxylation is 1. The Balaban J connectivity index is 2.37. The summed E-state index contributed by atoms with van der Waals surface area (Å²) in [4.78, 5) is 26.1. The van der Waals surface area contributed by atoms with Crippen molar-refractivity contribution >= 4 is 28.2 Å². The molecular weight excluding hydrogens is 272 g/mol. The number of carbonyl (C=O) groups excluding carboxylic acids is 1. The van der Waals surface area contributed by atoms with Crippen molar-refractivity contribution in [1.29, 1.82) is 0 Å². The summed E-state index contributed by atoms with van der Waals surface area (Å²) in [5.41, 5.74) is 1.75. The van der Waals surface area contributed by atoms with Gasteiger partial charge in [0, 0.05) is 42.8 Å². The van der Waals surface area contributed by atoms with Crippen LogP contribution >= 0.6 is 0 Å². The van der Waals surface area contributed by atoms with Gasteiger partial charge in [-0.3, -0.25) is 14.9 Å². The molecule has 110 valence electrons. The maximum atomic E-state index is 11.2. The van der Waals surface area contributed by atoms with E-state index in [0.717, 1.165) is 5.69 Å². The van der Waals surface area contributed by atoms with E-state index in [1.165, 1.54) is 6.07 Å². The van der Waals surface area contributed by atoms with Crippen LogP contribution in [0, 0.1) is 17.0 Å². The van der Waals surface area contributed by atoms with Gasteiger partial charge in [-0.05, 0) is 13.0 Å². The zero-order chi connectivity index (χ0) is 15.4. The van der Waals surface area contributed by atoms with Crippen LogP contribution in [0.2, 0.25) is 0 Å². The molecule has 0 saturated heterocycles. The second kappa shape index (κ2) is 6.17. The van der Waals surface area contributed by atoms with E-state index in [1.54, 1.807) is 26.1 Å². The van der Waals surface area contributed by atoms with Gasteiger partial charge in [0.15, 0.2) is 5.52 Å². The maximum Gasteiger partial charge on any atom is 0.295 e. The number of nitro groups is 1. The van der Waals surface area contributed by atoms with Crippen molar-refractivity contribution in [3.05, 3.63) is 40.1 Å². The highest BCUT2D eigenvalue weighted by atomic mass is 16.6. The smallest absolute Gasteiger partial charge is 0.295 e. The van der Waals surface area contributed by atoms with Crippen molar-refractivity contribution < 1.29 is 9.72 Å². The number of rotatable bonds is 5. The Morgan fingerprint density at radius 1 is 1.43 bits per heavy atom. The normalized spacial score (nSPS) is 10.4. The van der Waals surface area contributed by atoms with E-state index in [9.17, 15) is 14.9 Å². The van der Waals surface area contributed by atoms with Gasteiger partial charge in [-0.15, -0.1) is 0 Å². The number of nitro benzene ring substituents is 1. The Labute approximate surface area is 121 Å². The Kier molecular flexibility index (Phi) is 4.32. The lowest BCUT2D eigenvalue weighted by molar-refractivity contribution is -0.383. The third-order valence-corrected chi connectivity index (χ3v) is 3.09. The van der Waals surface area contributed by atoms with Crippen molar-refractivity contribution in [2.24, 2.45) is 0 Å². The molecule has 1 aromatic carbocycles. The van der Waals surface area contributed by atoms with Gasteiger partial charge in [0.2, 0.25) is 5.91 Å². The van der Waals surface area contributed by atoms with Crippen molar-refractivity contribution in [2.45, 2.75) is 13.3 Å². The summed E-state index contributed by atoms with van der Waals surface area (Å²) in [5, 5.41) is 17.4. The number of carbonyl (C=O) groups is 1. The fraction of sp³-hybridized carbons (Fsp3) is 0.286. The van der Waals surface area contributed by atoms with Gasteiger partial charge in [-0.1, -0.05) is 12.1 Å².